The van der Waals surface area contributed by atoms with Gasteiger partial charge in [-0.2, -0.15) is 0 Å². The zero-order valence-electron chi connectivity index (χ0n) is 7.02. The predicted molar refractivity (Wildman–Crippen MR) is 50.6 cm³/mol. The molecular weight excluding hydrogens is 176 g/mol. The molecule has 12 heavy (non-hydrogen) atoms. The summed E-state index contributed by atoms with van der Waals surface area (Å²) in [5.41, 5.74) is 4.35. The quantitative estimate of drug-likeness (QED) is 0.548. The Morgan fingerprint density at radius 3 is 2.67 bits per heavy atom. The number of rotatable bonds is 2. The van der Waals surface area contributed by atoms with Crippen molar-refractivity contribution in [3.05, 3.63) is 22.7 Å². The lowest BCUT2D eigenvalue weighted by Crippen LogP contribution is -2.08. The third kappa shape index (κ3) is 1.62. The molecule has 0 aliphatic heterocycles. The molecule has 1 aromatic carbocycles. The van der Waals surface area contributed by atoms with E-state index in [1.54, 1.807) is 13.2 Å². The van der Waals surface area contributed by atoms with Crippen molar-refractivity contribution in [2.24, 2.45) is 5.84 Å². The highest BCUT2D eigenvalue weighted by Crippen LogP contribution is 2.29. The summed E-state index contributed by atoms with van der Waals surface area (Å²) in [6.07, 6.45) is 0. The molecule has 0 unspecified atom stereocenters. The Morgan fingerprint density at radius 2 is 2.17 bits per heavy atom. The van der Waals surface area contributed by atoms with E-state index in [1.165, 1.54) is 0 Å². The Morgan fingerprint density at radius 1 is 1.50 bits per heavy atom. The molecule has 0 amide bonds. The van der Waals surface area contributed by atoms with Gasteiger partial charge in [-0.05, 0) is 24.6 Å². The number of anilines is 1. The number of benzene rings is 1. The van der Waals surface area contributed by atoms with Crippen LogP contribution in [0.4, 0.5) is 5.69 Å². The van der Waals surface area contributed by atoms with Crippen LogP contribution in [0.25, 0.3) is 0 Å². The van der Waals surface area contributed by atoms with Crippen molar-refractivity contribution in [1.82, 2.24) is 0 Å². The Balaban J connectivity index is 3.16. The molecule has 0 fully saturated rings. The average molecular weight is 187 g/mol. The molecule has 66 valence electrons. The van der Waals surface area contributed by atoms with Crippen molar-refractivity contribution < 1.29 is 4.74 Å². The van der Waals surface area contributed by atoms with E-state index in [0.717, 1.165) is 11.3 Å². The van der Waals surface area contributed by atoms with Crippen LogP contribution in [0.1, 0.15) is 5.56 Å². The number of hydrazine groups is 1. The van der Waals surface area contributed by atoms with E-state index in [1.807, 2.05) is 13.0 Å². The average Bonchev–Trinajstić information content (AvgIpc) is 2.08. The van der Waals surface area contributed by atoms with Gasteiger partial charge in [-0.3, -0.25) is 5.84 Å². The van der Waals surface area contributed by atoms with Gasteiger partial charge in [0.15, 0.2) is 0 Å². The van der Waals surface area contributed by atoms with Gasteiger partial charge in [0.25, 0.3) is 0 Å². The van der Waals surface area contributed by atoms with Crippen molar-refractivity contribution >= 4 is 17.3 Å². The van der Waals surface area contributed by atoms with E-state index in [0.29, 0.717) is 10.8 Å². The van der Waals surface area contributed by atoms with Crippen LogP contribution in [0, 0.1) is 6.92 Å². The number of methoxy groups -OCH3 is 1. The third-order valence-electron chi connectivity index (χ3n) is 1.65. The summed E-state index contributed by atoms with van der Waals surface area (Å²) in [7, 11) is 1.58. The summed E-state index contributed by atoms with van der Waals surface area (Å²) < 4.78 is 5.02. The summed E-state index contributed by atoms with van der Waals surface area (Å²) in [5, 5.41) is 0.552. The first-order valence-electron chi connectivity index (χ1n) is 3.49. The molecule has 0 aliphatic carbocycles. The molecule has 0 saturated heterocycles. The Hall–Kier alpha value is -0.930. The van der Waals surface area contributed by atoms with Gasteiger partial charge in [0.1, 0.15) is 5.75 Å². The van der Waals surface area contributed by atoms with E-state index in [-0.39, 0.29) is 0 Å². The standard InChI is InChI=1S/C8H11ClN2O/c1-5-3-8(12-2)6(9)4-7(5)11-10/h3-4,11H,10H2,1-2H3. The highest BCUT2D eigenvalue weighted by molar-refractivity contribution is 6.32. The monoisotopic (exact) mass is 186 g/mol. The topological polar surface area (TPSA) is 47.3 Å². The number of aryl methyl sites for hydroxylation is 1. The fourth-order valence-corrected chi connectivity index (χ4v) is 1.21. The van der Waals surface area contributed by atoms with Gasteiger partial charge in [-0.1, -0.05) is 11.6 Å². The summed E-state index contributed by atoms with van der Waals surface area (Å²) in [6.45, 7) is 1.92. The molecule has 3 nitrogen and oxygen atoms in total. The van der Waals surface area contributed by atoms with Crippen LogP contribution in [0.15, 0.2) is 12.1 Å². The van der Waals surface area contributed by atoms with Gasteiger partial charge in [-0.15, -0.1) is 0 Å². The zero-order valence-corrected chi connectivity index (χ0v) is 7.77. The molecule has 0 aromatic heterocycles. The maximum atomic E-state index is 5.86. The van der Waals surface area contributed by atoms with Gasteiger partial charge in [0, 0.05) is 0 Å². The second kappa shape index (κ2) is 3.65. The third-order valence-corrected chi connectivity index (χ3v) is 1.95. The fraction of sp³-hybridized carbons (Fsp3) is 0.250. The highest BCUT2D eigenvalue weighted by Gasteiger charge is 2.04. The van der Waals surface area contributed by atoms with E-state index in [4.69, 9.17) is 22.2 Å². The van der Waals surface area contributed by atoms with Crippen LogP contribution < -0.4 is 16.0 Å². The molecule has 0 heterocycles. The maximum absolute atomic E-state index is 5.86. The van der Waals surface area contributed by atoms with E-state index < -0.39 is 0 Å². The van der Waals surface area contributed by atoms with Crippen LogP contribution in [0.2, 0.25) is 5.02 Å². The van der Waals surface area contributed by atoms with Crippen LogP contribution in [0.3, 0.4) is 0 Å². The van der Waals surface area contributed by atoms with Crippen LogP contribution in [-0.4, -0.2) is 7.11 Å². The molecule has 0 saturated carbocycles. The van der Waals surface area contributed by atoms with Gasteiger partial charge < -0.3 is 10.2 Å². The Bertz CT molecular complexity index is 259. The second-order valence-electron chi connectivity index (χ2n) is 2.45. The first-order valence-corrected chi connectivity index (χ1v) is 3.87. The number of halogens is 1. The van der Waals surface area contributed by atoms with Crippen molar-refractivity contribution in [3.63, 3.8) is 0 Å². The van der Waals surface area contributed by atoms with Crippen LogP contribution in [-0.2, 0) is 0 Å². The molecule has 0 radical (unpaired) electrons. The molecule has 0 spiro atoms. The SMILES string of the molecule is COc1cc(C)c(NN)cc1Cl. The molecule has 4 heteroatoms. The number of nitrogens with one attached hydrogen (secondary N) is 1. The normalized spacial score (nSPS) is 9.67. The first kappa shape index (κ1) is 9.16. The van der Waals surface area contributed by atoms with E-state index >= 15 is 0 Å². The number of ether oxygens (including phenoxy) is 1. The molecule has 0 bridgehead atoms. The molecule has 1 aromatic rings. The van der Waals surface area contributed by atoms with E-state index in [2.05, 4.69) is 5.43 Å². The van der Waals surface area contributed by atoms with Gasteiger partial charge in [-0.25, -0.2) is 0 Å². The lowest BCUT2D eigenvalue weighted by molar-refractivity contribution is 0.415. The zero-order chi connectivity index (χ0) is 9.14. The first-order chi connectivity index (χ1) is 5.69. The fourth-order valence-electron chi connectivity index (χ4n) is 0.967. The van der Waals surface area contributed by atoms with Crippen molar-refractivity contribution in [2.45, 2.75) is 6.92 Å². The molecular formula is C8H11ClN2O. The second-order valence-corrected chi connectivity index (χ2v) is 2.85. The Kier molecular flexibility index (Phi) is 2.78. The number of hydrogen-bond donors (Lipinski definition) is 2. The maximum Gasteiger partial charge on any atom is 0.137 e. The van der Waals surface area contributed by atoms with Gasteiger partial charge >= 0.3 is 0 Å². The minimum absolute atomic E-state index is 0.552. The highest BCUT2D eigenvalue weighted by atomic mass is 35.5. The number of hydrogen-bond acceptors (Lipinski definition) is 3. The molecule has 3 N–H and O–H groups in total. The molecule has 0 atom stereocenters. The smallest absolute Gasteiger partial charge is 0.137 e. The summed E-state index contributed by atoms with van der Waals surface area (Å²) in [4.78, 5) is 0. The lowest BCUT2D eigenvalue weighted by Gasteiger charge is -2.08. The lowest BCUT2D eigenvalue weighted by atomic mass is 10.2. The van der Waals surface area contributed by atoms with Crippen LogP contribution >= 0.6 is 11.6 Å². The molecule has 1 rings (SSSR count). The summed E-state index contributed by atoms with van der Waals surface area (Å²) in [5.74, 6) is 5.92. The minimum Gasteiger partial charge on any atom is -0.495 e. The van der Waals surface area contributed by atoms with Crippen molar-refractivity contribution in [1.29, 1.82) is 0 Å². The molecule has 0 aliphatic rings. The van der Waals surface area contributed by atoms with Gasteiger partial charge in [0.2, 0.25) is 0 Å². The van der Waals surface area contributed by atoms with Crippen LogP contribution in [0.5, 0.6) is 5.75 Å². The number of nitrogen functional groups attached to an aromatic ring is 1. The van der Waals surface area contributed by atoms with E-state index in [9.17, 15) is 0 Å². The number of nitrogens with two attached hydrogens (primary N) is 1. The predicted octanol–water partition coefficient (Wildman–Crippen LogP) is 1.94. The Labute approximate surface area is 76.4 Å². The largest absolute Gasteiger partial charge is 0.495 e. The van der Waals surface area contributed by atoms with Gasteiger partial charge in [0.05, 0.1) is 17.8 Å². The van der Waals surface area contributed by atoms with Crippen molar-refractivity contribution in [3.8, 4) is 5.75 Å². The minimum atomic E-state index is 0.552. The summed E-state index contributed by atoms with van der Waals surface area (Å²) in [6, 6.07) is 3.56. The summed E-state index contributed by atoms with van der Waals surface area (Å²) >= 11 is 5.86. The van der Waals surface area contributed by atoms with Crippen molar-refractivity contribution in [2.75, 3.05) is 12.5 Å².